The van der Waals surface area contributed by atoms with E-state index >= 15 is 0 Å². The largest absolute Gasteiger partial charge is 0.357 e. The summed E-state index contributed by atoms with van der Waals surface area (Å²) in [6, 6.07) is 9.96. The highest BCUT2D eigenvalue weighted by molar-refractivity contribution is 14.0. The Morgan fingerprint density at radius 3 is 2.42 bits per heavy atom. The third-order valence-corrected chi connectivity index (χ3v) is 5.06. The van der Waals surface area contributed by atoms with Crippen LogP contribution in [0.3, 0.4) is 0 Å². The van der Waals surface area contributed by atoms with E-state index in [2.05, 4.69) is 29.8 Å². The molecule has 1 fully saturated rings. The highest BCUT2D eigenvalue weighted by Gasteiger charge is 2.34. The molecule has 0 bridgehead atoms. The summed E-state index contributed by atoms with van der Waals surface area (Å²) >= 11 is 0. The van der Waals surface area contributed by atoms with Gasteiger partial charge < -0.3 is 16.0 Å². The van der Waals surface area contributed by atoms with Gasteiger partial charge in [0.25, 0.3) is 0 Å². The van der Waals surface area contributed by atoms with Crippen molar-refractivity contribution in [3.63, 3.8) is 0 Å². The highest BCUT2D eigenvalue weighted by atomic mass is 127. The van der Waals surface area contributed by atoms with Crippen LogP contribution in [-0.4, -0.2) is 31.5 Å². The molecule has 1 saturated carbocycles. The van der Waals surface area contributed by atoms with Crippen molar-refractivity contribution in [1.82, 2.24) is 16.0 Å². The minimum Gasteiger partial charge on any atom is -0.357 e. The van der Waals surface area contributed by atoms with E-state index in [9.17, 15) is 4.79 Å². The van der Waals surface area contributed by atoms with Gasteiger partial charge in [-0.15, -0.1) is 24.0 Å². The fourth-order valence-corrected chi connectivity index (χ4v) is 3.07. The molecule has 0 spiro atoms. The summed E-state index contributed by atoms with van der Waals surface area (Å²) < 4.78 is 0. The molecule has 146 valence electrons. The molecule has 0 saturated heterocycles. The normalized spacial score (nSPS) is 15.4. The van der Waals surface area contributed by atoms with Gasteiger partial charge in [-0.1, -0.05) is 43.7 Å². The van der Waals surface area contributed by atoms with Crippen LogP contribution >= 0.6 is 24.0 Å². The maximum atomic E-state index is 12.0. The predicted octanol–water partition coefficient (Wildman–Crippen LogP) is 3.45. The zero-order chi connectivity index (χ0) is 18.0. The van der Waals surface area contributed by atoms with Crippen LogP contribution in [-0.2, 0) is 11.3 Å². The van der Waals surface area contributed by atoms with E-state index in [4.69, 9.17) is 4.99 Å². The van der Waals surface area contributed by atoms with Crippen molar-refractivity contribution in [1.29, 1.82) is 0 Å². The van der Waals surface area contributed by atoms with E-state index in [0.717, 1.165) is 24.6 Å². The number of carbonyl (C=O) groups excluding carboxylic acids is 1. The standard InChI is InChI=1S/C20H32N4O.HI/c1-3-20(12-8-13-20)16-24-19(21-4-2)22-14-11-18(25)23-15-17-9-6-5-7-10-17;/h5-7,9-10H,3-4,8,11-16H2,1-2H3,(H,23,25)(H2,21,22,24);1H. The number of aliphatic imine (C=N–C) groups is 1. The third-order valence-electron chi connectivity index (χ3n) is 5.06. The minimum absolute atomic E-state index is 0. The van der Waals surface area contributed by atoms with Crippen molar-refractivity contribution < 1.29 is 4.79 Å². The lowest BCUT2D eigenvalue weighted by atomic mass is 9.67. The van der Waals surface area contributed by atoms with Crippen molar-refractivity contribution in [2.45, 2.75) is 52.5 Å². The molecule has 0 aliphatic heterocycles. The number of hydrogen-bond acceptors (Lipinski definition) is 2. The number of halogens is 1. The first kappa shape index (κ1) is 22.7. The molecule has 26 heavy (non-hydrogen) atoms. The summed E-state index contributed by atoms with van der Waals surface area (Å²) in [6.07, 6.45) is 5.53. The van der Waals surface area contributed by atoms with Crippen molar-refractivity contribution in [3.05, 3.63) is 35.9 Å². The van der Waals surface area contributed by atoms with Gasteiger partial charge >= 0.3 is 0 Å². The first-order chi connectivity index (χ1) is 12.2. The van der Waals surface area contributed by atoms with E-state index in [-0.39, 0.29) is 29.9 Å². The summed E-state index contributed by atoms with van der Waals surface area (Å²) in [5, 5.41) is 9.49. The molecule has 0 heterocycles. The summed E-state index contributed by atoms with van der Waals surface area (Å²) in [4.78, 5) is 16.7. The minimum atomic E-state index is 0. The van der Waals surface area contributed by atoms with Crippen LogP contribution in [0.15, 0.2) is 35.3 Å². The molecular formula is C20H33IN4O. The Morgan fingerprint density at radius 2 is 1.85 bits per heavy atom. The summed E-state index contributed by atoms with van der Waals surface area (Å²) in [5.74, 6) is 0.870. The molecule has 3 N–H and O–H groups in total. The van der Waals surface area contributed by atoms with Gasteiger partial charge in [0, 0.05) is 32.6 Å². The number of nitrogens with zero attached hydrogens (tertiary/aromatic N) is 1. The molecule has 1 amide bonds. The Hall–Kier alpha value is -1.31. The Morgan fingerprint density at radius 1 is 1.12 bits per heavy atom. The number of amides is 1. The molecule has 6 heteroatoms. The van der Waals surface area contributed by atoms with E-state index in [1.165, 1.54) is 25.7 Å². The number of guanidine groups is 1. The van der Waals surface area contributed by atoms with E-state index in [1.54, 1.807) is 0 Å². The van der Waals surface area contributed by atoms with Gasteiger partial charge in [0.1, 0.15) is 0 Å². The maximum absolute atomic E-state index is 12.0. The van der Waals surface area contributed by atoms with Crippen LogP contribution < -0.4 is 16.0 Å². The lowest BCUT2D eigenvalue weighted by Crippen LogP contribution is -2.41. The fourth-order valence-electron chi connectivity index (χ4n) is 3.07. The van der Waals surface area contributed by atoms with Crippen molar-refractivity contribution in [2.75, 3.05) is 19.6 Å². The molecule has 0 aromatic heterocycles. The first-order valence-electron chi connectivity index (χ1n) is 9.50. The molecule has 0 unspecified atom stereocenters. The monoisotopic (exact) mass is 472 g/mol. The van der Waals surface area contributed by atoms with Crippen LogP contribution in [0.4, 0.5) is 0 Å². The maximum Gasteiger partial charge on any atom is 0.222 e. The molecule has 2 rings (SSSR count). The first-order valence-corrected chi connectivity index (χ1v) is 9.50. The lowest BCUT2D eigenvalue weighted by Gasteiger charge is -2.40. The molecule has 1 aliphatic rings. The second kappa shape index (κ2) is 12.1. The fraction of sp³-hybridized carbons (Fsp3) is 0.600. The Balaban J connectivity index is 0.00000338. The number of carbonyl (C=O) groups is 1. The smallest absolute Gasteiger partial charge is 0.222 e. The van der Waals surface area contributed by atoms with Crippen LogP contribution in [0.5, 0.6) is 0 Å². The summed E-state index contributed by atoms with van der Waals surface area (Å²) in [7, 11) is 0. The highest BCUT2D eigenvalue weighted by Crippen LogP contribution is 2.43. The van der Waals surface area contributed by atoms with Gasteiger partial charge in [-0.25, -0.2) is 0 Å². The predicted molar refractivity (Wildman–Crippen MR) is 119 cm³/mol. The van der Waals surface area contributed by atoms with Crippen LogP contribution in [0.1, 0.15) is 51.5 Å². The lowest BCUT2D eigenvalue weighted by molar-refractivity contribution is -0.121. The van der Waals surface area contributed by atoms with Crippen molar-refractivity contribution >= 4 is 35.8 Å². The van der Waals surface area contributed by atoms with E-state index < -0.39 is 0 Å². The summed E-state index contributed by atoms with van der Waals surface area (Å²) in [6.45, 7) is 7.18. The Kier molecular flexibility index (Phi) is 10.6. The number of benzene rings is 1. The number of rotatable bonds is 9. The van der Waals surface area contributed by atoms with Gasteiger partial charge in [0.15, 0.2) is 5.96 Å². The molecule has 1 aromatic carbocycles. The topological polar surface area (TPSA) is 65.5 Å². The second-order valence-electron chi connectivity index (χ2n) is 6.84. The van der Waals surface area contributed by atoms with Gasteiger partial charge in [0.2, 0.25) is 5.91 Å². The third kappa shape index (κ3) is 7.51. The zero-order valence-electron chi connectivity index (χ0n) is 16.0. The van der Waals surface area contributed by atoms with Crippen molar-refractivity contribution in [2.24, 2.45) is 10.4 Å². The van der Waals surface area contributed by atoms with E-state index in [0.29, 0.717) is 24.9 Å². The van der Waals surface area contributed by atoms with Gasteiger partial charge in [-0.05, 0) is 37.2 Å². The van der Waals surface area contributed by atoms with Crippen LogP contribution in [0, 0.1) is 5.41 Å². The molecular weight excluding hydrogens is 439 g/mol. The molecule has 5 nitrogen and oxygen atoms in total. The van der Waals surface area contributed by atoms with Crippen LogP contribution in [0.2, 0.25) is 0 Å². The number of hydrogen-bond donors (Lipinski definition) is 3. The molecule has 0 atom stereocenters. The molecule has 1 aromatic rings. The van der Waals surface area contributed by atoms with Gasteiger partial charge in [-0.2, -0.15) is 0 Å². The summed E-state index contributed by atoms with van der Waals surface area (Å²) in [5.41, 5.74) is 1.53. The van der Waals surface area contributed by atoms with Crippen LogP contribution in [0.25, 0.3) is 0 Å². The number of nitrogens with one attached hydrogen (secondary N) is 3. The molecule has 1 aliphatic carbocycles. The Bertz CT molecular complexity index is 553. The second-order valence-corrected chi connectivity index (χ2v) is 6.84. The van der Waals surface area contributed by atoms with Gasteiger partial charge in [-0.3, -0.25) is 9.79 Å². The zero-order valence-corrected chi connectivity index (χ0v) is 18.3. The quantitative estimate of drug-likeness (QED) is 0.293. The van der Waals surface area contributed by atoms with Gasteiger partial charge in [0.05, 0.1) is 0 Å². The van der Waals surface area contributed by atoms with E-state index in [1.807, 2.05) is 30.3 Å². The Labute approximate surface area is 174 Å². The average Bonchev–Trinajstić information content (AvgIpc) is 2.60. The molecule has 0 radical (unpaired) electrons. The average molecular weight is 472 g/mol. The van der Waals surface area contributed by atoms with Crippen molar-refractivity contribution in [3.8, 4) is 0 Å². The SMILES string of the molecule is CCNC(=NCC1(CC)CCC1)NCCC(=O)NCc1ccccc1.I.